The fraction of sp³-hybridized carbons (Fsp3) is 0.900. The number of likely N-dealkylation sites (tertiary alicyclic amines) is 1. The number of piperidine rings is 1. The summed E-state index contributed by atoms with van der Waals surface area (Å²) in [5, 5.41) is 0. The van der Waals surface area contributed by atoms with Gasteiger partial charge in [-0.05, 0) is 25.8 Å². The average molecular weight is 182 g/mol. The Bertz CT molecular complexity index is 205. The van der Waals surface area contributed by atoms with E-state index >= 15 is 0 Å². The quantitative estimate of drug-likeness (QED) is 0.643. The number of hydrogen-bond acceptors (Lipinski definition) is 3. The summed E-state index contributed by atoms with van der Waals surface area (Å²) in [6.07, 6.45) is 4.97. The minimum atomic E-state index is 0.337. The molecule has 2 rings (SSSR count). The fourth-order valence-corrected chi connectivity index (χ4v) is 2.48. The summed E-state index contributed by atoms with van der Waals surface area (Å²) in [4.78, 5) is 13.5. The molecule has 2 N–H and O–H groups in total. The highest BCUT2D eigenvalue weighted by atomic mass is 16.1. The zero-order valence-corrected chi connectivity index (χ0v) is 8.04. The molecule has 0 amide bonds. The Morgan fingerprint density at radius 3 is 2.85 bits per heavy atom. The van der Waals surface area contributed by atoms with E-state index in [0.29, 0.717) is 17.9 Å². The predicted molar refractivity (Wildman–Crippen MR) is 51.4 cm³/mol. The highest BCUT2D eigenvalue weighted by molar-refractivity contribution is 5.81. The molecule has 0 radical (unpaired) electrons. The molecule has 2 aliphatic rings. The Morgan fingerprint density at radius 1 is 1.38 bits per heavy atom. The smallest absolute Gasteiger partial charge is 0.134 e. The van der Waals surface area contributed by atoms with Crippen LogP contribution in [-0.4, -0.2) is 35.9 Å². The molecule has 0 aromatic heterocycles. The number of ketones is 1. The molecule has 74 valence electrons. The van der Waals surface area contributed by atoms with Gasteiger partial charge in [-0.3, -0.25) is 9.69 Å². The van der Waals surface area contributed by atoms with Crippen molar-refractivity contribution >= 4 is 5.78 Å². The van der Waals surface area contributed by atoms with Crippen molar-refractivity contribution < 1.29 is 4.79 Å². The lowest BCUT2D eigenvalue weighted by Gasteiger charge is -2.34. The van der Waals surface area contributed by atoms with Gasteiger partial charge in [-0.25, -0.2) is 0 Å². The van der Waals surface area contributed by atoms with E-state index in [0.717, 1.165) is 38.8 Å². The Hall–Kier alpha value is -0.410. The van der Waals surface area contributed by atoms with Crippen LogP contribution in [0.1, 0.15) is 32.1 Å². The van der Waals surface area contributed by atoms with Crippen molar-refractivity contribution in [3.05, 3.63) is 0 Å². The molecular formula is C10H18N2O. The summed E-state index contributed by atoms with van der Waals surface area (Å²) in [5.74, 6) is 0.434. The zero-order valence-electron chi connectivity index (χ0n) is 8.04. The maximum Gasteiger partial charge on any atom is 0.134 e. The van der Waals surface area contributed by atoms with Gasteiger partial charge >= 0.3 is 0 Å². The SMILES string of the molecule is NC1CCCN(C2CCC(=O)C2)C1. The van der Waals surface area contributed by atoms with Crippen molar-refractivity contribution in [1.82, 2.24) is 4.90 Å². The van der Waals surface area contributed by atoms with Crippen LogP contribution in [0.4, 0.5) is 0 Å². The second-order valence-electron chi connectivity index (χ2n) is 4.33. The zero-order chi connectivity index (χ0) is 9.26. The van der Waals surface area contributed by atoms with Gasteiger partial charge in [0.05, 0.1) is 0 Å². The van der Waals surface area contributed by atoms with Crippen LogP contribution in [0, 0.1) is 0 Å². The third kappa shape index (κ3) is 2.09. The molecule has 2 atom stereocenters. The highest BCUT2D eigenvalue weighted by Gasteiger charge is 2.29. The number of carbonyl (C=O) groups is 1. The molecule has 3 heteroatoms. The van der Waals surface area contributed by atoms with Gasteiger partial charge in [0.15, 0.2) is 0 Å². The Labute approximate surface area is 79.3 Å². The molecule has 0 aromatic rings. The normalized spacial score (nSPS) is 36.8. The summed E-state index contributed by atoms with van der Waals surface area (Å²) in [5.41, 5.74) is 5.90. The molecule has 2 unspecified atom stereocenters. The lowest BCUT2D eigenvalue weighted by molar-refractivity contribution is -0.117. The first-order valence-corrected chi connectivity index (χ1v) is 5.27. The lowest BCUT2D eigenvalue weighted by Crippen LogP contribution is -2.46. The second-order valence-corrected chi connectivity index (χ2v) is 4.33. The van der Waals surface area contributed by atoms with Gasteiger partial charge in [0.2, 0.25) is 0 Å². The van der Waals surface area contributed by atoms with Crippen LogP contribution < -0.4 is 5.73 Å². The fourth-order valence-electron chi connectivity index (χ4n) is 2.48. The van der Waals surface area contributed by atoms with Gasteiger partial charge in [-0.15, -0.1) is 0 Å². The summed E-state index contributed by atoms with van der Waals surface area (Å²) in [6.45, 7) is 2.14. The van der Waals surface area contributed by atoms with E-state index in [9.17, 15) is 4.79 Å². The van der Waals surface area contributed by atoms with Crippen LogP contribution in [-0.2, 0) is 4.79 Å². The topological polar surface area (TPSA) is 46.3 Å². The van der Waals surface area contributed by atoms with E-state index in [-0.39, 0.29) is 0 Å². The average Bonchev–Trinajstić information content (AvgIpc) is 2.52. The first-order chi connectivity index (χ1) is 6.25. The molecule has 1 aliphatic heterocycles. The number of carbonyl (C=O) groups excluding carboxylic acids is 1. The monoisotopic (exact) mass is 182 g/mol. The second kappa shape index (κ2) is 3.76. The van der Waals surface area contributed by atoms with Gasteiger partial charge in [0.25, 0.3) is 0 Å². The molecular weight excluding hydrogens is 164 g/mol. The third-order valence-electron chi connectivity index (χ3n) is 3.23. The van der Waals surface area contributed by atoms with Crippen LogP contribution in [0.2, 0.25) is 0 Å². The number of nitrogens with zero attached hydrogens (tertiary/aromatic N) is 1. The van der Waals surface area contributed by atoms with Crippen molar-refractivity contribution in [3.8, 4) is 0 Å². The summed E-state index contributed by atoms with van der Waals surface area (Å²) in [6, 6.07) is 0.850. The van der Waals surface area contributed by atoms with Crippen LogP contribution >= 0.6 is 0 Å². The molecule has 0 spiro atoms. The van der Waals surface area contributed by atoms with Crippen molar-refractivity contribution in [2.45, 2.75) is 44.2 Å². The van der Waals surface area contributed by atoms with Crippen LogP contribution in [0.15, 0.2) is 0 Å². The first-order valence-electron chi connectivity index (χ1n) is 5.27. The maximum atomic E-state index is 11.1. The molecule has 1 heterocycles. The van der Waals surface area contributed by atoms with E-state index in [1.807, 2.05) is 0 Å². The largest absolute Gasteiger partial charge is 0.327 e. The van der Waals surface area contributed by atoms with E-state index in [2.05, 4.69) is 4.90 Å². The van der Waals surface area contributed by atoms with Gasteiger partial charge in [0.1, 0.15) is 5.78 Å². The maximum absolute atomic E-state index is 11.1. The summed E-state index contributed by atoms with van der Waals surface area (Å²) >= 11 is 0. The number of hydrogen-bond donors (Lipinski definition) is 1. The Morgan fingerprint density at radius 2 is 2.23 bits per heavy atom. The molecule has 1 saturated carbocycles. The van der Waals surface area contributed by atoms with E-state index in [1.165, 1.54) is 6.42 Å². The molecule has 2 fully saturated rings. The Balaban J connectivity index is 1.89. The highest BCUT2D eigenvalue weighted by Crippen LogP contribution is 2.23. The molecule has 13 heavy (non-hydrogen) atoms. The van der Waals surface area contributed by atoms with Crippen LogP contribution in [0.5, 0.6) is 0 Å². The van der Waals surface area contributed by atoms with E-state index < -0.39 is 0 Å². The Kier molecular flexibility index (Phi) is 2.65. The molecule has 1 saturated heterocycles. The van der Waals surface area contributed by atoms with Crippen LogP contribution in [0.3, 0.4) is 0 Å². The number of nitrogens with two attached hydrogens (primary N) is 1. The van der Waals surface area contributed by atoms with Gasteiger partial charge in [-0.1, -0.05) is 0 Å². The van der Waals surface area contributed by atoms with E-state index in [4.69, 9.17) is 5.73 Å². The van der Waals surface area contributed by atoms with E-state index in [1.54, 1.807) is 0 Å². The van der Waals surface area contributed by atoms with Crippen molar-refractivity contribution in [1.29, 1.82) is 0 Å². The molecule has 1 aliphatic carbocycles. The first kappa shape index (κ1) is 9.16. The van der Waals surface area contributed by atoms with Gasteiger partial charge < -0.3 is 5.73 Å². The number of rotatable bonds is 1. The predicted octanol–water partition coefficient (Wildman–Crippen LogP) is 0.531. The minimum absolute atomic E-state index is 0.337. The summed E-state index contributed by atoms with van der Waals surface area (Å²) < 4.78 is 0. The van der Waals surface area contributed by atoms with Crippen molar-refractivity contribution in [2.75, 3.05) is 13.1 Å². The molecule has 3 nitrogen and oxygen atoms in total. The van der Waals surface area contributed by atoms with Gasteiger partial charge in [-0.2, -0.15) is 0 Å². The van der Waals surface area contributed by atoms with Crippen molar-refractivity contribution in [2.24, 2.45) is 5.73 Å². The molecule has 0 bridgehead atoms. The minimum Gasteiger partial charge on any atom is -0.327 e. The van der Waals surface area contributed by atoms with Gasteiger partial charge in [0, 0.05) is 31.5 Å². The van der Waals surface area contributed by atoms with Crippen molar-refractivity contribution in [3.63, 3.8) is 0 Å². The lowest BCUT2D eigenvalue weighted by atomic mass is 10.0. The standard InChI is InChI=1S/C10H18N2O/c11-8-2-1-5-12(7-8)9-3-4-10(13)6-9/h8-9H,1-7,11H2. The summed E-state index contributed by atoms with van der Waals surface area (Å²) in [7, 11) is 0. The van der Waals surface area contributed by atoms with Crippen LogP contribution in [0.25, 0.3) is 0 Å². The third-order valence-corrected chi connectivity index (χ3v) is 3.23. The molecule has 0 aromatic carbocycles. The number of Topliss-reactive ketones (excluding diaryl/α,β-unsaturated/α-hetero) is 1.